The molecule has 0 aliphatic carbocycles. The van der Waals surface area contributed by atoms with Crippen LogP contribution in [0.5, 0.6) is 5.75 Å². The van der Waals surface area contributed by atoms with Gasteiger partial charge in [-0.15, -0.1) is 0 Å². The zero-order valence-corrected chi connectivity index (χ0v) is 15.4. The lowest BCUT2D eigenvalue weighted by Gasteiger charge is -2.36. The Kier molecular flexibility index (Phi) is 6.11. The molecule has 1 heterocycles. The first-order valence-electron chi connectivity index (χ1n) is 9.32. The maximum Gasteiger partial charge on any atom is 0.122 e. The molecule has 134 valence electrons. The smallest absolute Gasteiger partial charge is 0.122 e. The van der Waals surface area contributed by atoms with Gasteiger partial charge in [0.25, 0.3) is 0 Å². The topological polar surface area (TPSA) is 38.5 Å². The van der Waals surface area contributed by atoms with Gasteiger partial charge in [0.1, 0.15) is 5.75 Å². The second-order valence-electron chi connectivity index (χ2n) is 7.18. The molecule has 3 heteroatoms. The lowest BCUT2D eigenvalue weighted by Crippen LogP contribution is -2.36. The number of ether oxygens (including phenoxy) is 1. The highest BCUT2D eigenvalue weighted by atomic mass is 16.5. The van der Waals surface area contributed by atoms with Crippen molar-refractivity contribution < 1.29 is 4.74 Å². The molecule has 1 atom stereocenters. The summed E-state index contributed by atoms with van der Waals surface area (Å²) in [7, 11) is 1.75. The van der Waals surface area contributed by atoms with Crippen molar-refractivity contribution in [2.75, 3.05) is 26.7 Å². The summed E-state index contributed by atoms with van der Waals surface area (Å²) >= 11 is 0. The number of benzene rings is 2. The summed E-state index contributed by atoms with van der Waals surface area (Å²) < 4.78 is 5.56. The van der Waals surface area contributed by atoms with E-state index in [-0.39, 0.29) is 0 Å². The average molecular weight is 338 g/mol. The normalized spacial score (nSPS) is 17.4. The summed E-state index contributed by atoms with van der Waals surface area (Å²) in [5.41, 5.74) is 10.2. The van der Waals surface area contributed by atoms with E-state index < -0.39 is 0 Å². The van der Waals surface area contributed by atoms with Crippen LogP contribution in [0.25, 0.3) is 0 Å². The number of piperidine rings is 1. The molecule has 3 rings (SSSR count). The van der Waals surface area contributed by atoms with Crippen molar-refractivity contribution in [3.05, 3.63) is 65.2 Å². The van der Waals surface area contributed by atoms with E-state index in [4.69, 9.17) is 10.5 Å². The van der Waals surface area contributed by atoms with E-state index in [1.807, 2.05) is 12.1 Å². The van der Waals surface area contributed by atoms with Gasteiger partial charge in [0.15, 0.2) is 0 Å². The van der Waals surface area contributed by atoms with E-state index in [1.165, 1.54) is 29.5 Å². The number of nitrogens with two attached hydrogens (primary N) is 1. The fourth-order valence-corrected chi connectivity index (χ4v) is 4.01. The first kappa shape index (κ1) is 18.0. The summed E-state index contributed by atoms with van der Waals surface area (Å²) in [4.78, 5) is 2.57. The van der Waals surface area contributed by atoms with Crippen molar-refractivity contribution in [2.24, 2.45) is 11.7 Å². The Hall–Kier alpha value is -1.84. The molecule has 1 aliphatic heterocycles. The first-order valence-corrected chi connectivity index (χ1v) is 9.32. The minimum absolute atomic E-state index is 0.387. The standard InChI is InChI=1S/C22H30N2O/c1-17-7-9-18(10-8-17)16-24-13-11-19(12-14-24)21(15-23)20-5-3-4-6-22(20)25-2/h3-10,19,21H,11-16,23H2,1-2H3. The van der Waals surface area contributed by atoms with Gasteiger partial charge < -0.3 is 10.5 Å². The molecule has 1 saturated heterocycles. The summed E-state index contributed by atoms with van der Waals surface area (Å²) in [5, 5.41) is 0. The number of rotatable bonds is 6. The van der Waals surface area contributed by atoms with Crippen LogP contribution in [0, 0.1) is 12.8 Å². The minimum atomic E-state index is 0.387. The molecule has 0 bridgehead atoms. The zero-order valence-electron chi connectivity index (χ0n) is 15.4. The second kappa shape index (κ2) is 8.50. The molecule has 25 heavy (non-hydrogen) atoms. The fraction of sp³-hybridized carbons (Fsp3) is 0.455. The summed E-state index contributed by atoms with van der Waals surface area (Å²) in [6.45, 7) is 6.16. The van der Waals surface area contributed by atoms with Gasteiger partial charge in [-0.1, -0.05) is 48.0 Å². The van der Waals surface area contributed by atoms with Crippen molar-refractivity contribution in [1.82, 2.24) is 4.90 Å². The Balaban J connectivity index is 1.61. The monoisotopic (exact) mass is 338 g/mol. The van der Waals surface area contributed by atoms with Crippen LogP contribution in [0.3, 0.4) is 0 Å². The molecular formula is C22H30N2O. The van der Waals surface area contributed by atoms with Gasteiger partial charge in [-0.3, -0.25) is 4.90 Å². The molecule has 3 nitrogen and oxygen atoms in total. The largest absolute Gasteiger partial charge is 0.496 e. The number of likely N-dealkylation sites (tertiary alicyclic amines) is 1. The average Bonchev–Trinajstić information content (AvgIpc) is 2.66. The molecule has 1 fully saturated rings. The van der Waals surface area contributed by atoms with Crippen molar-refractivity contribution >= 4 is 0 Å². The number of aryl methyl sites for hydroxylation is 1. The minimum Gasteiger partial charge on any atom is -0.496 e. The van der Waals surface area contributed by atoms with Gasteiger partial charge in [-0.05, 0) is 62.5 Å². The van der Waals surface area contributed by atoms with Crippen molar-refractivity contribution in [3.8, 4) is 5.75 Å². The number of hydrogen-bond donors (Lipinski definition) is 1. The van der Waals surface area contributed by atoms with Gasteiger partial charge >= 0.3 is 0 Å². The van der Waals surface area contributed by atoms with E-state index in [9.17, 15) is 0 Å². The Morgan fingerprint density at radius 2 is 1.76 bits per heavy atom. The van der Waals surface area contributed by atoms with Crippen molar-refractivity contribution in [1.29, 1.82) is 0 Å². The number of para-hydroxylation sites is 1. The molecule has 0 spiro atoms. The maximum atomic E-state index is 6.16. The fourth-order valence-electron chi connectivity index (χ4n) is 4.01. The Morgan fingerprint density at radius 1 is 1.08 bits per heavy atom. The van der Waals surface area contributed by atoms with Gasteiger partial charge in [0, 0.05) is 12.5 Å². The van der Waals surface area contributed by atoms with Crippen LogP contribution < -0.4 is 10.5 Å². The number of hydrogen-bond acceptors (Lipinski definition) is 3. The van der Waals surface area contributed by atoms with Crippen LogP contribution in [0.15, 0.2) is 48.5 Å². The molecule has 1 aliphatic rings. The van der Waals surface area contributed by atoms with Crippen LogP contribution in [-0.2, 0) is 6.54 Å². The van der Waals surface area contributed by atoms with Crippen LogP contribution in [0.1, 0.15) is 35.4 Å². The van der Waals surface area contributed by atoms with E-state index >= 15 is 0 Å². The second-order valence-corrected chi connectivity index (χ2v) is 7.18. The van der Waals surface area contributed by atoms with Gasteiger partial charge in [0.05, 0.1) is 7.11 Å². The van der Waals surface area contributed by atoms with E-state index in [2.05, 4.69) is 48.2 Å². The lowest BCUT2D eigenvalue weighted by molar-refractivity contribution is 0.162. The first-order chi connectivity index (χ1) is 12.2. The third-order valence-electron chi connectivity index (χ3n) is 5.52. The van der Waals surface area contributed by atoms with Gasteiger partial charge in [0.2, 0.25) is 0 Å². The zero-order chi connectivity index (χ0) is 17.6. The molecule has 0 aromatic heterocycles. The van der Waals surface area contributed by atoms with Crippen LogP contribution in [-0.4, -0.2) is 31.6 Å². The maximum absolute atomic E-state index is 6.16. The summed E-state index contributed by atoms with van der Waals surface area (Å²) in [6, 6.07) is 17.2. The van der Waals surface area contributed by atoms with Gasteiger partial charge in [-0.2, -0.15) is 0 Å². The van der Waals surface area contributed by atoms with Crippen molar-refractivity contribution in [3.63, 3.8) is 0 Å². The van der Waals surface area contributed by atoms with Crippen molar-refractivity contribution in [2.45, 2.75) is 32.2 Å². The lowest BCUT2D eigenvalue weighted by atomic mass is 9.79. The van der Waals surface area contributed by atoms with Crippen LogP contribution in [0.2, 0.25) is 0 Å². The Labute approximate surface area is 151 Å². The predicted octanol–water partition coefficient (Wildman–Crippen LogP) is 3.96. The highest BCUT2D eigenvalue weighted by Gasteiger charge is 2.28. The SMILES string of the molecule is COc1ccccc1C(CN)C1CCN(Cc2ccc(C)cc2)CC1. The highest BCUT2D eigenvalue weighted by Crippen LogP contribution is 2.36. The van der Waals surface area contributed by atoms with E-state index in [1.54, 1.807) is 7.11 Å². The predicted molar refractivity (Wildman–Crippen MR) is 104 cm³/mol. The van der Waals surface area contributed by atoms with E-state index in [0.717, 1.165) is 25.4 Å². The highest BCUT2D eigenvalue weighted by molar-refractivity contribution is 5.37. The van der Waals surface area contributed by atoms with Crippen LogP contribution >= 0.6 is 0 Å². The molecule has 0 saturated carbocycles. The molecule has 2 aromatic carbocycles. The third kappa shape index (κ3) is 4.42. The molecule has 0 amide bonds. The third-order valence-corrected chi connectivity index (χ3v) is 5.52. The van der Waals surface area contributed by atoms with Crippen LogP contribution in [0.4, 0.5) is 0 Å². The quantitative estimate of drug-likeness (QED) is 0.866. The molecular weight excluding hydrogens is 308 g/mol. The molecule has 2 N–H and O–H groups in total. The Bertz CT molecular complexity index is 660. The Morgan fingerprint density at radius 3 is 2.40 bits per heavy atom. The molecule has 2 aromatic rings. The summed E-state index contributed by atoms with van der Waals surface area (Å²) in [6.07, 6.45) is 2.40. The van der Waals surface area contributed by atoms with Gasteiger partial charge in [-0.25, -0.2) is 0 Å². The number of nitrogens with zero attached hydrogens (tertiary/aromatic N) is 1. The van der Waals surface area contributed by atoms with E-state index in [0.29, 0.717) is 18.4 Å². The number of methoxy groups -OCH3 is 1. The molecule has 1 unspecified atom stereocenters. The molecule has 0 radical (unpaired) electrons. The summed E-state index contributed by atoms with van der Waals surface area (Å²) in [5.74, 6) is 1.99.